The van der Waals surface area contributed by atoms with Gasteiger partial charge in [-0.15, -0.1) is 0 Å². The normalized spacial score (nSPS) is 10.8. The quantitative estimate of drug-likeness (QED) is 0.153. The van der Waals surface area contributed by atoms with Crippen molar-refractivity contribution in [1.29, 1.82) is 0 Å². The predicted octanol–water partition coefficient (Wildman–Crippen LogP) is 13.6. The fourth-order valence-corrected chi connectivity index (χ4v) is 6.71. The first-order chi connectivity index (χ1) is 25.2. The molecule has 2 heteroatoms. The molecule has 0 N–H and O–H groups in total. The van der Waals surface area contributed by atoms with Crippen LogP contribution in [0.5, 0.6) is 0 Å². The molecule has 0 aliphatic carbocycles. The summed E-state index contributed by atoms with van der Waals surface area (Å²) in [6.07, 6.45) is 0. The number of rotatable bonds is 9. The molecule has 2 nitrogen and oxygen atoms in total. The van der Waals surface area contributed by atoms with Crippen LogP contribution in [0.4, 0.5) is 28.4 Å². The molecule has 0 heterocycles. The zero-order chi connectivity index (χ0) is 34.4. The molecule has 8 aromatic carbocycles. The van der Waals surface area contributed by atoms with Crippen molar-refractivity contribution in [3.63, 3.8) is 0 Å². The highest BCUT2D eigenvalue weighted by Gasteiger charge is 2.15. The first kappa shape index (κ1) is 31.6. The van der Waals surface area contributed by atoms with Gasteiger partial charge < -0.3 is 9.80 Å². The van der Waals surface area contributed by atoms with Gasteiger partial charge in [-0.3, -0.25) is 0 Å². The summed E-state index contributed by atoms with van der Waals surface area (Å²) in [5.41, 5.74) is 15.2. The van der Waals surface area contributed by atoms with Crippen LogP contribution in [-0.4, -0.2) is 7.05 Å². The molecule has 0 amide bonds. The largest absolute Gasteiger partial charge is 0.345 e. The Morgan fingerprint density at radius 2 is 0.549 bits per heavy atom. The van der Waals surface area contributed by atoms with Gasteiger partial charge in [-0.1, -0.05) is 152 Å². The van der Waals surface area contributed by atoms with Gasteiger partial charge in [0.15, 0.2) is 0 Å². The summed E-state index contributed by atoms with van der Waals surface area (Å²) < 4.78 is 0. The van der Waals surface area contributed by atoms with Gasteiger partial charge in [0.1, 0.15) is 0 Å². The molecule has 244 valence electrons. The van der Waals surface area contributed by atoms with Gasteiger partial charge in [0.05, 0.1) is 0 Å². The molecule has 0 saturated heterocycles. The van der Waals surface area contributed by atoms with E-state index in [2.05, 4.69) is 229 Å². The lowest BCUT2D eigenvalue weighted by molar-refractivity contribution is 1.21. The summed E-state index contributed by atoms with van der Waals surface area (Å²) in [5, 5.41) is 0. The van der Waals surface area contributed by atoms with E-state index in [0.29, 0.717) is 0 Å². The Bertz CT molecular complexity index is 2270. The minimum absolute atomic E-state index is 1.10. The highest BCUT2D eigenvalue weighted by atomic mass is 15.1. The number of benzene rings is 8. The molecule has 0 bridgehead atoms. The Hall–Kier alpha value is -6.64. The number of hydrogen-bond acceptors (Lipinski definition) is 2. The van der Waals surface area contributed by atoms with E-state index in [4.69, 9.17) is 0 Å². The van der Waals surface area contributed by atoms with Crippen LogP contribution in [0.2, 0.25) is 0 Å². The molecular weight excluding hydrogens is 617 g/mol. The first-order valence-corrected chi connectivity index (χ1v) is 17.4. The summed E-state index contributed by atoms with van der Waals surface area (Å²) in [7, 11) is 2.13. The fraction of sp³-hybridized carbons (Fsp3) is 0.0204. The Kier molecular flexibility index (Phi) is 8.96. The number of hydrogen-bond donors (Lipinski definition) is 0. The van der Waals surface area contributed by atoms with Crippen molar-refractivity contribution in [2.24, 2.45) is 0 Å². The van der Waals surface area contributed by atoms with E-state index >= 15 is 0 Å². The van der Waals surface area contributed by atoms with Crippen molar-refractivity contribution in [1.82, 2.24) is 0 Å². The third kappa shape index (κ3) is 6.94. The predicted molar refractivity (Wildman–Crippen MR) is 217 cm³/mol. The smallest absolute Gasteiger partial charge is 0.0467 e. The first-order valence-electron chi connectivity index (χ1n) is 17.4. The Labute approximate surface area is 301 Å². The molecule has 0 unspecified atom stereocenters. The third-order valence-corrected chi connectivity index (χ3v) is 9.48. The van der Waals surface area contributed by atoms with E-state index < -0.39 is 0 Å². The SMILES string of the molecule is CN(c1ccc(-c2ccc(N(c3cccc(-c4ccccc4)c3)c3cccc(-c4ccccc4)c3)cc2)cc1)c1cccc(-c2ccccc2)c1. The summed E-state index contributed by atoms with van der Waals surface area (Å²) in [4.78, 5) is 4.59. The van der Waals surface area contributed by atoms with E-state index in [1.54, 1.807) is 0 Å². The molecule has 0 aromatic heterocycles. The summed E-state index contributed by atoms with van der Waals surface area (Å²) >= 11 is 0. The van der Waals surface area contributed by atoms with Crippen LogP contribution >= 0.6 is 0 Å². The topological polar surface area (TPSA) is 6.48 Å². The monoisotopic (exact) mass is 654 g/mol. The second-order valence-corrected chi connectivity index (χ2v) is 12.7. The van der Waals surface area contributed by atoms with Gasteiger partial charge in [-0.2, -0.15) is 0 Å². The van der Waals surface area contributed by atoms with Gasteiger partial charge in [0, 0.05) is 35.5 Å². The van der Waals surface area contributed by atoms with Gasteiger partial charge in [0.2, 0.25) is 0 Å². The number of nitrogens with zero attached hydrogens (tertiary/aromatic N) is 2. The van der Waals surface area contributed by atoms with Gasteiger partial charge in [-0.05, 0) is 105 Å². The van der Waals surface area contributed by atoms with Crippen molar-refractivity contribution in [2.75, 3.05) is 16.8 Å². The molecule has 0 atom stereocenters. The van der Waals surface area contributed by atoms with Crippen molar-refractivity contribution in [3.05, 3.63) is 212 Å². The lowest BCUT2D eigenvalue weighted by atomic mass is 10.0. The van der Waals surface area contributed by atoms with Crippen molar-refractivity contribution < 1.29 is 0 Å². The van der Waals surface area contributed by atoms with E-state index in [9.17, 15) is 0 Å². The average Bonchev–Trinajstić information content (AvgIpc) is 3.22. The van der Waals surface area contributed by atoms with Crippen molar-refractivity contribution in [2.45, 2.75) is 0 Å². The Balaban J connectivity index is 1.10. The van der Waals surface area contributed by atoms with Crippen LogP contribution in [0.1, 0.15) is 0 Å². The minimum atomic E-state index is 1.10. The van der Waals surface area contributed by atoms with Gasteiger partial charge in [-0.25, -0.2) is 0 Å². The van der Waals surface area contributed by atoms with Crippen LogP contribution in [0.3, 0.4) is 0 Å². The highest BCUT2D eigenvalue weighted by molar-refractivity contribution is 5.83. The maximum atomic E-state index is 2.35. The molecular formula is C49H38N2. The maximum absolute atomic E-state index is 2.35. The molecule has 0 spiro atoms. The van der Waals surface area contributed by atoms with Crippen LogP contribution in [0, 0.1) is 0 Å². The fourth-order valence-electron chi connectivity index (χ4n) is 6.71. The third-order valence-electron chi connectivity index (χ3n) is 9.48. The zero-order valence-corrected chi connectivity index (χ0v) is 28.6. The zero-order valence-electron chi connectivity index (χ0n) is 28.6. The summed E-state index contributed by atoms with van der Waals surface area (Å²) in [6, 6.07) is 75.8. The number of anilines is 5. The second-order valence-electron chi connectivity index (χ2n) is 12.7. The van der Waals surface area contributed by atoms with Crippen LogP contribution in [0.15, 0.2) is 212 Å². The molecule has 0 fully saturated rings. The summed E-state index contributed by atoms with van der Waals surface area (Å²) in [6.45, 7) is 0. The molecule has 0 aliphatic rings. The summed E-state index contributed by atoms with van der Waals surface area (Å²) in [5.74, 6) is 0. The van der Waals surface area contributed by atoms with Crippen molar-refractivity contribution >= 4 is 28.4 Å². The lowest BCUT2D eigenvalue weighted by Crippen LogP contribution is -2.10. The Morgan fingerprint density at radius 1 is 0.235 bits per heavy atom. The average molecular weight is 655 g/mol. The molecule has 0 saturated carbocycles. The second kappa shape index (κ2) is 14.5. The van der Waals surface area contributed by atoms with Crippen LogP contribution < -0.4 is 9.80 Å². The molecule has 8 aromatic rings. The Morgan fingerprint density at radius 3 is 0.961 bits per heavy atom. The van der Waals surface area contributed by atoms with Crippen molar-refractivity contribution in [3.8, 4) is 44.5 Å². The highest BCUT2D eigenvalue weighted by Crippen LogP contribution is 2.39. The maximum Gasteiger partial charge on any atom is 0.0467 e. The van der Waals surface area contributed by atoms with E-state index in [1.165, 1.54) is 44.5 Å². The van der Waals surface area contributed by atoms with E-state index in [0.717, 1.165) is 28.4 Å². The molecule has 8 rings (SSSR count). The molecule has 0 aliphatic heterocycles. The van der Waals surface area contributed by atoms with E-state index in [-0.39, 0.29) is 0 Å². The standard InChI is InChI=1S/C49H38N2/c1-50(47-23-11-20-42(34-47)37-14-5-2-6-15-37)45-30-26-40(27-31-45)41-28-32-46(33-29-41)51(48-24-12-21-43(35-48)38-16-7-3-8-17-38)49-25-13-22-44(36-49)39-18-9-4-10-19-39/h2-36H,1H3. The lowest BCUT2D eigenvalue weighted by Gasteiger charge is -2.27. The van der Waals surface area contributed by atoms with Gasteiger partial charge in [0.25, 0.3) is 0 Å². The van der Waals surface area contributed by atoms with E-state index in [1.807, 2.05) is 0 Å². The molecule has 0 radical (unpaired) electrons. The molecule has 51 heavy (non-hydrogen) atoms. The minimum Gasteiger partial charge on any atom is -0.345 e. The van der Waals surface area contributed by atoms with Crippen LogP contribution in [-0.2, 0) is 0 Å². The van der Waals surface area contributed by atoms with Gasteiger partial charge >= 0.3 is 0 Å². The van der Waals surface area contributed by atoms with Crippen LogP contribution in [0.25, 0.3) is 44.5 Å².